The molecule has 2 rings (SSSR count). The van der Waals surface area contributed by atoms with Crippen LogP contribution in [0.5, 0.6) is 0 Å². The predicted octanol–water partition coefficient (Wildman–Crippen LogP) is 4.22. The number of hydrogen-bond donors (Lipinski definition) is 0. The Morgan fingerprint density at radius 2 is 1.80 bits per heavy atom. The molecule has 1 aliphatic carbocycles. The molecule has 1 aromatic rings. The minimum absolute atomic E-state index is 0.583. The highest BCUT2D eigenvalue weighted by atomic mass is 14.6. The largest absolute Gasteiger partial charge is 0.265 e. The van der Waals surface area contributed by atoms with Crippen LogP contribution in [0.3, 0.4) is 0 Å². The van der Waals surface area contributed by atoms with Gasteiger partial charge >= 0.3 is 0 Å². The summed E-state index contributed by atoms with van der Waals surface area (Å²) in [6, 6.07) is 5.72. The lowest BCUT2D eigenvalue weighted by atomic mass is 9.79. The van der Waals surface area contributed by atoms with Crippen LogP contribution in [0.4, 0.5) is 0 Å². The smallest absolute Gasteiger partial charge is 0.0267 e. The summed E-state index contributed by atoms with van der Waals surface area (Å²) in [4.78, 5) is 3.78. The molecule has 0 saturated heterocycles. The number of pyridine rings is 1. The van der Waals surface area contributed by atoms with Crippen LogP contribution in [0, 0.1) is 5.41 Å². The highest BCUT2D eigenvalue weighted by Gasteiger charge is 2.19. The van der Waals surface area contributed by atoms with Gasteiger partial charge in [0.2, 0.25) is 0 Å². The van der Waals surface area contributed by atoms with E-state index in [0.717, 1.165) is 0 Å². The first-order valence-corrected chi connectivity index (χ1v) is 5.61. The van der Waals surface area contributed by atoms with Crippen molar-refractivity contribution in [2.45, 2.75) is 40.0 Å². The quantitative estimate of drug-likeness (QED) is 0.575. The summed E-state index contributed by atoms with van der Waals surface area (Å²) in [6.45, 7) is 6.92. The van der Waals surface area contributed by atoms with Gasteiger partial charge in [0.25, 0.3) is 0 Å². The zero-order chi connectivity index (χ0) is 11.1. The maximum atomic E-state index is 3.78. The molecule has 0 saturated carbocycles. The molecule has 0 radical (unpaired) electrons. The Labute approximate surface area is 93.2 Å². The lowest BCUT2D eigenvalue weighted by Gasteiger charge is -2.27. The van der Waals surface area contributed by atoms with Crippen LogP contribution < -0.4 is 0 Å². The lowest BCUT2D eigenvalue weighted by molar-refractivity contribution is 0.325. The summed E-state index contributed by atoms with van der Waals surface area (Å²) in [5.74, 6) is 0. The van der Waals surface area contributed by atoms with Crippen molar-refractivity contribution in [3.8, 4) is 0 Å². The number of allylic oxidation sites excluding steroid dienone is 2. The summed E-state index contributed by atoms with van der Waals surface area (Å²) in [5.41, 5.74) is 2.16. The molecular weight excluding hydrogens is 182 g/mol. The molecule has 0 unspecified atom stereocenters. The van der Waals surface area contributed by atoms with Crippen LogP contribution in [0.15, 0.2) is 42.2 Å². The molecule has 1 aromatic heterocycles. The second kappa shape index (κ2) is 5.69. The summed E-state index contributed by atoms with van der Waals surface area (Å²) in [6.07, 6.45) is 9.84. The van der Waals surface area contributed by atoms with E-state index >= 15 is 0 Å². The molecule has 1 heteroatoms. The normalized spacial score (nSPS) is 18.5. The molecule has 1 heterocycles. The van der Waals surface area contributed by atoms with Gasteiger partial charge in [0.15, 0.2) is 0 Å². The third-order valence-corrected chi connectivity index (χ3v) is 2.77. The van der Waals surface area contributed by atoms with E-state index < -0.39 is 0 Å². The molecule has 1 nitrogen and oxygen atoms in total. The average Bonchev–Trinajstić information content (AvgIpc) is 2.26. The van der Waals surface area contributed by atoms with E-state index in [2.05, 4.69) is 31.8 Å². The van der Waals surface area contributed by atoms with Crippen LogP contribution in [-0.4, -0.2) is 4.98 Å². The number of aromatic nitrogens is 1. The molecule has 1 aliphatic rings. The van der Waals surface area contributed by atoms with Gasteiger partial charge in [-0.15, -0.1) is 0 Å². The minimum Gasteiger partial charge on any atom is -0.265 e. The molecular formula is C14H21N. The van der Waals surface area contributed by atoms with E-state index in [9.17, 15) is 0 Å². The highest BCUT2D eigenvalue weighted by Crippen LogP contribution is 2.33. The van der Waals surface area contributed by atoms with E-state index in [4.69, 9.17) is 0 Å². The van der Waals surface area contributed by atoms with Crippen molar-refractivity contribution in [3.63, 3.8) is 0 Å². The third-order valence-electron chi connectivity index (χ3n) is 2.77. The zero-order valence-corrected chi connectivity index (χ0v) is 10.0. The molecule has 15 heavy (non-hydrogen) atoms. The van der Waals surface area contributed by atoms with Gasteiger partial charge in [-0.1, -0.05) is 31.6 Å². The van der Waals surface area contributed by atoms with Crippen LogP contribution in [0.2, 0.25) is 0 Å². The van der Waals surface area contributed by atoms with Crippen molar-refractivity contribution in [2.75, 3.05) is 0 Å². The van der Waals surface area contributed by atoms with Gasteiger partial charge < -0.3 is 0 Å². The first-order valence-electron chi connectivity index (χ1n) is 5.61. The summed E-state index contributed by atoms with van der Waals surface area (Å²) in [5, 5.41) is 0. The molecule has 0 amide bonds. The van der Waals surface area contributed by atoms with Crippen LogP contribution in [0.1, 0.15) is 40.0 Å². The van der Waals surface area contributed by atoms with Gasteiger partial charge in [-0.2, -0.15) is 0 Å². The third kappa shape index (κ3) is 5.36. The van der Waals surface area contributed by atoms with E-state index in [-0.39, 0.29) is 0 Å². The topological polar surface area (TPSA) is 12.9 Å². The Hall–Kier alpha value is -1.11. The molecule has 0 aromatic carbocycles. The van der Waals surface area contributed by atoms with Crippen LogP contribution in [-0.2, 0) is 0 Å². The Bertz CT molecular complexity index is 272. The molecule has 0 atom stereocenters. The van der Waals surface area contributed by atoms with Crippen molar-refractivity contribution in [2.24, 2.45) is 5.41 Å². The van der Waals surface area contributed by atoms with Crippen molar-refractivity contribution < 1.29 is 0 Å². The molecule has 0 spiro atoms. The van der Waals surface area contributed by atoms with Crippen molar-refractivity contribution in [1.82, 2.24) is 4.98 Å². The first kappa shape index (κ1) is 12.0. The second-order valence-electron chi connectivity index (χ2n) is 4.94. The zero-order valence-electron chi connectivity index (χ0n) is 10.0. The predicted molar refractivity (Wildman–Crippen MR) is 65.6 cm³/mol. The Morgan fingerprint density at radius 1 is 1.13 bits per heavy atom. The number of rotatable bonds is 0. The average molecular weight is 203 g/mol. The standard InChI is InChI=1S/C9H16.C5H5N/c1-8-4-6-9(2,3)7-5-8;1-2-4-6-5-3-1/h4H,5-7H2,1-3H3;1-5H. The maximum absolute atomic E-state index is 3.78. The fraction of sp³-hybridized carbons (Fsp3) is 0.500. The lowest BCUT2D eigenvalue weighted by Crippen LogP contribution is -2.13. The Kier molecular flexibility index (Phi) is 4.54. The number of hydrogen-bond acceptors (Lipinski definition) is 1. The second-order valence-corrected chi connectivity index (χ2v) is 4.94. The maximum Gasteiger partial charge on any atom is 0.0267 e. The monoisotopic (exact) mass is 203 g/mol. The minimum atomic E-state index is 0.583. The van der Waals surface area contributed by atoms with Crippen molar-refractivity contribution in [1.29, 1.82) is 0 Å². The van der Waals surface area contributed by atoms with Gasteiger partial charge in [-0.05, 0) is 43.7 Å². The Morgan fingerprint density at radius 3 is 2.07 bits per heavy atom. The fourth-order valence-electron chi connectivity index (χ4n) is 1.50. The SMILES string of the molecule is CC1=CCC(C)(C)CC1.c1ccncc1. The highest BCUT2D eigenvalue weighted by molar-refractivity contribution is 5.04. The summed E-state index contributed by atoms with van der Waals surface area (Å²) >= 11 is 0. The van der Waals surface area contributed by atoms with Crippen molar-refractivity contribution >= 4 is 0 Å². The van der Waals surface area contributed by atoms with E-state index in [1.807, 2.05) is 18.2 Å². The van der Waals surface area contributed by atoms with Gasteiger partial charge in [-0.3, -0.25) is 4.98 Å². The van der Waals surface area contributed by atoms with Crippen LogP contribution >= 0.6 is 0 Å². The van der Waals surface area contributed by atoms with Gasteiger partial charge in [-0.25, -0.2) is 0 Å². The van der Waals surface area contributed by atoms with Crippen LogP contribution in [0.25, 0.3) is 0 Å². The van der Waals surface area contributed by atoms with Crippen molar-refractivity contribution in [3.05, 3.63) is 42.2 Å². The van der Waals surface area contributed by atoms with Gasteiger partial charge in [0.1, 0.15) is 0 Å². The fourth-order valence-corrected chi connectivity index (χ4v) is 1.50. The molecule has 0 fully saturated rings. The molecule has 0 aliphatic heterocycles. The Balaban J connectivity index is 0.000000162. The molecule has 0 bridgehead atoms. The van der Waals surface area contributed by atoms with Gasteiger partial charge in [0.05, 0.1) is 0 Å². The van der Waals surface area contributed by atoms with E-state index in [1.165, 1.54) is 19.3 Å². The van der Waals surface area contributed by atoms with E-state index in [1.54, 1.807) is 18.0 Å². The first-order chi connectivity index (χ1) is 7.10. The molecule has 0 N–H and O–H groups in total. The van der Waals surface area contributed by atoms with E-state index in [0.29, 0.717) is 5.41 Å². The number of nitrogens with zero attached hydrogens (tertiary/aromatic N) is 1. The van der Waals surface area contributed by atoms with Gasteiger partial charge in [0, 0.05) is 12.4 Å². The summed E-state index contributed by atoms with van der Waals surface area (Å²) in [7, 11) is 0. The molecule has 82 valence electrons. The summed E-state index contributed by atoms with van der Waals surface area (Å²) < 4.78 is 0.